The molecule has 25 heavy (non-hydrogen) atoms. The number of nitrogens with zero attached hydrogens (tertiary/aromatic N) is 4. The number of rotatable bonds is 3. The van der Waals surface area contributed by atoms with Gasteiger partial charge in [0.2, 0.25) is 0 Å². The van der Waals surface area contributed by atoms with E-state index in [2.05, 4.69) is 14.9 Å². The summed E-state index contributed by atoms with van der Waals surface area (Å²) < 4.78 is 0. The van der Waals surface area contributed by atoms with Crippen LogP contribution in [-0.4, -0.2) is 26.4 Å². The predicted octanol–water partition coefficient (Wildman–Crippen LogP) is 4.40. The molecule has 1 aliphatic rings. The first-order valence-corrected chi connectivity index (χ1v) is 8.86. The third-order valence-electron chi connectivity index (χ3n) is 4.35. The smallest absolute Gasteiger partial charge is 0.159 e. The summed E-state index contributed by atoms with van der Waals surface area (Å²) >= 11 is 12.2. The lowest BCUT2D eigenvalue weighted by atomic mass is 10.1. The van der Waals surface area contributed by atoms with Gasteiger partial charge in [-0.1, -0.05) is 23.2 Å². The molecule has 4 rings (SSSR count). The summed E-state index contributed by atoms with van der Waals surface area (Å²) in [5.74, 6) is 0.749. The third-order valence-corrected chi connectivity index (χ3v) is 4.97. The number of hydrogen-bond acceptors (Lipinski definition) is 4. The average molecular weight is 371 g/mol. The van der Waals surface area contributed by atoms with Crippen LogP contribution in [0.5, 0.6) is 0 Å². The standard InChI is InChI=1S/C19H16Cl2N4/c20-16-3-1-13(2-4-16)19-23-10-15-12-25(8-6-18(15)24-19)11-14-9-22-7-5-17(14)21/h1-5,7,9-10H,6,8,11-12H2. The average Bonchev–Trinajstić information content (AvgIpc) is 2.64. The van der Waals surface area contributed by atoms with Gasteiger partial charge in [-0.3, -0.25) is 9.88 Å². The molecule has 0 saturated heterocycles. The summed E-state index contributed by atoms with van der Waals surface area (Å²) in [4.78, 5) is 15.8. The molecule has 0 saturated carbocycles. The second-order valence-electron chi connectivity index (χ2n) is 6.10. The highest BCUT2D eigenvalue weighted by atomic mass is 35.5. The zero-order chi connectivity index (χ0) is 17.2. The molecular formula is C19H16Cl2N4. The molecule has 2 aromatic heterocycles. The van der Waals surface area contributed by atoms with E-state index in [0.717, 1.165) is 53.7 Å². The van der Waals surface area contributed by atoms with Crippen LogP contribution in [0.4, 0.5) is 0 Å². The van der Waals surface area contributed by atoms with Gasteiger partial charge in [-0.15, -0.1) is 0 Å². The van der Waals surface area contributed by atoms with Crippen molar-refractivity contribution in [2.24, 2.45) is 0 Å². The largest absolute Gasteiger partial charge is 0.294 e. The van der Waals surface area contributed by atoms with Crippen molar-refractivity contribution >= 4 is 23.2 Å². The Morgan fingerprint density at radius 3 is 2.68 bits per heavy atom. The monoisotopic (exact) mass is 370 g/mol. The van der Waals surface area contributed by atoms with Crippen molar-refractivity contribution in [3.8, 4) is 11.4 Å². The first kappa shape index (κ1) is 16.5. The Hall–Kier alpha value is -2.01. The highest BCUT2D eigenvalue weighted by molar-refractivity contribution is 6.31. The summed E-state index contributed by atoms with van der Waals surface area (Å²) in [6.07, 6.45) is 6.38. The number of benzene rings is 1. The van der Waals surface area contributed by atoms with Gasteiger partial charge in [0.15, 0.2) is 5.82 Å². The first-order chi connectivity index (χ1) is 12.2. The highest BCUT2D eigenvalue weighted by Gasteiger charge is 2.19. The number of hydrogen-bond donors (Lipinski definition) is 0. The predicted molar refractivity (Wildman–Crippen MR) is 99.5 cm³/mol. The lowest BCUT2D eigenvalue weighted by Crippen LogP contribution is -2.31. The Labute approximate surface area is 156 Å². The maximum absolute atomic E-state index is 6.24. The van der Waals surface area contributed by atoms with Crippen molar-refractivity contribution in [2.75, 3.05) is 6.54 Å². The maximum atomic E-state index is 6.24. The van der Waals surface area contributed by atoms with E-state index >= 15 is 0 Å². The van der Waals surface area contributed by atoms with Crippen LogP contribution >= 0.6 is 23.2 Å². The zero-order valence-corrected chi connectivity index (χ0v) is 15.0. The van der Waals surface area contributed by atoms with E-state index < -0.39 is 0 Å². The molecular weight excluding hydrogens is 355 g/mol. The summed E-state index contributed by atoms with van der Waals surface area (Å²) in [5, 5.41) is 1.47. The van der Waals surface area contributed by atoms with Crippen LogP contribution in [0, 0.1) is 0 Å². The van der Waals surface area contributed by atoms with Crippen molar-refractivity contribution in [2.45, 2.75) is 19.5 Å². The topological polar surface area (TPSA) is 41.9 Å². The second kappa shape index (κ2) is 7.08. The van der Waals surface area contributed by atoms with Crippen molar-refractivity contribution in [3.63, 3.8) is 0 Å². The van der Waals surface area contributed by atoms with Crippen LogP contribution in [0.1, 0.15) is 16.8 Å². The van der Waals surface area contributed by atoms with E-state index in [4.69, 9.17) is 28.2 Å². The Bertz CT molecular complexity index is 896. The minimum absolute atomic E-state index is 0.714. The molecule has 1 aliphatic heterocycles. The van der Waals surface area contributed by atoms with Gasteiger partial charge in [0.25, 0.3) is 0 Å². The third kappa shape index (κ3) is 3.66. The molecule has 0 spiro atoms. The van der Waals surface area contributed by atoms with Crippen molar-refractivity contribution in [3.05, 3.63) is 75.8 Å². The molecule has 3 heterocycles. The van der Waals surface area contributed by atoms with Crippen LogP contribution in [0.25, 0.3) is 11.4 Å². The van der Waals surface area contributed by atoms with E-state index in [-0.39, 0.29) is 0 Å². The Morgan fingerprint density at radius 1 is 1.04 bits per heavy atom. The molecule has 0 unspecified atom stereocenters. The lowest BCUT2D eigenvalue weighted by molar-refractivity contribution is 0.243. The fourth-order valence-electron chi connectivity index (χ4n) is 3.02. The fourth-order valence-corrected chi connectivity index (χ4v) is 3.31. The molecule has 6 heteroatoms. The van der Waals surface area contributed by atoms with Crippen LogP contribution in [-0.2, 0) is 19.5 Å². The maximum Gasteiger partial charge on any atom is 0.159 e. The molecule has 0 amide bonds. The second-order valence-corrected chi connectivity index (χ2v) is 6.94. The van der Waals surface area contributed by atoms with E-state index in [1.165, 1.54) is 5.56 Å². The van der Waals surface area contributed by atoms with E-state index in [9.17, 15) is 0 Å². The SMILES string of the molecule is Clc1ccc(-c2ncc3c(n2)CCN(Cc2cnccc2Cl)C3)cc1. The molecule has 0 atom stereocenters. The van der Waals surface area contributed by atoms with Gasteiger partial charge >= 0.3 is 0 Å². The first-order valence-electron chi connectivity index (χ1n) is 8.10. The van der Waals surface area contributed by atoms with Gasteiger partial charge in [0.1, 0.15) is 0 Å². The number of pyridine rings is 1. The molecule has 0 radical (unpaired) electrons. The van der Waals surface area contributed by atoms with Crippen molar-refractivity contribution in [1.82, 2.24) is 19.9 Å². The van der Waals surface area contributed by atoms with Crippen LogP contribution in [0.3, 0.4) is 0 Å². The molecule has 0 fully saturated rings. The molecule has 4 nitrogen and oxygen atoms in total. The van der Waals surface area contributed by atoms with Gasteiger partial charge in [-0.2, -0.15) is 0 Å². The van der Waals surface area contributed by atoms with Gasteiger partial charge in [-0.05, 0) is 30.3 Å². The highest BCUT2D eigenvalue weighted by Crippen LogP contribution is 2.24. The molecule has 126 valence electrons. The van der Waals surface area contributed by atoms with E-state index in [1.54, 1.807) is 6.20 Å². The Balaban J connectivity index is 1.52. The molecule has 3 aromatic rings. The molecule has 0 aliphatic carbocycles. The molecule has 0 bridgehead atoms. The van der Waals surface area contributed by atoms with Gasteiger partial charge in [0, 0.05) is 71.4 Å². The van der Waals surface area contributed by atoms with Crippen LogP contribution in [0.15, 0.2) is 48.9 Å². The Morgan fingerprint density at radius 2 is 1.88 bits per heavy atom. The minimum Gasteiger partial charge on any atom is -0.294 e. The summed E-state index contributed by atoms with van der Waals surface area (Å²) in [7, 11) is 0. The quantitative estimate of drug-likeness (QED) is 0.684. The zero-order valence-electron chi connectivity index (χ0n) is 13.5. The minimum atomic E-state index is 0.714. The summed E-state index contributed by atoms with van der Waals surface area (Å²) in [5.41, 5.74) is 4.32. The van der Waals surface area contributed by atoms with E-state index in [1.807, 2.05) is 42.7 Å². The molecule has 1 aromatic carbocycles. The normalized spacial score (nSPS) is 14.3. The number of fused-ring (bicyclic) bond motifs is 1. The van der Waals surface area contributed by atoms with Gasteiger partial charge < -0.3 is 0 Å². The fraction of sp³-hybridized carbons (Fsp3) is 0.211. The van der Waals surface area contributed by atoms with Crippen LogP contribution in [0.2, 0.25) is 10.0 Å². The molecule has 0 N–H and O–H groups in total. The summed E-state index contributed by atoms with van der Waals surface area (Å²) in [6, 6.07) is 9.45. The Kier molecular flexibility index (Phi) is 4.66. The van der Waals surface area contributed by atoms with Gasteiger partial charge in [0.05, 0.1) is 5.69 Å². The number of halogens is 2. The lowest BCUT2D eigenvalue weighted by Gasteiger charge is -2.28. The van der Waals surface area contributed by atoms with Gasteiger partial charge in [-0.25, -0.2) is 9.97 Å². The van der Waals surface area contributed by atoms with Crippen molar-refractivity contribution < 1.29 is 0 Å². The van der Waals surface area contributed by atoms with Crippen LogP contribution < -0.4 is 0 Å². The van der Waals surface area contributed by atoms with Crippen molar-refractivity contribution in [1.29, 1.82) is 0 Å². The van der Waals surface area contributed by atoms with E-state index in [0.29, 0.717) is 5.02 Å². The number of aromatic nitrogens is 3. The summed E-state index contributed by atoms with van der Waals surface area (Å²) in [6.45, 7) is 2.54.